The van der Waals surface area contributed by atoms with Crippen LogP contribution < -0.4 is 5.32 Å². The number of hydrogen-bond donors (Lipinski definition) is 1. The molecule has 1 N–H and O–H groups in total. The van der Waals surface area contributed by atoms with Gasteiger partial charge >= 0.3 is 0 Å². The van der Waals surface area contributed by atoms with Crippen LogP contribution in [0.15, 0.2) is 48.5 Å². The van der Waals surface area contributed by atoms with E-state index in [0.29, 0.717) is 10.6 Å². The van der Waals surface area contributed by atoms with Crippen LogP contribution in [0.25, 0.3) is 0 Å². The summed E-state index contributed by atoms with van der Waals surface area (Å²) in [6.07, 6.45) is 0. The highest BCUT2D eigenvalue weighted by Crippen LogP contribution is 2.16. The Morgan fingerprint density at radius 1 is 1.25 bits per heavy atom. The van der Waals surface area contributed by atoms with Crippen molar-refractivity contribution >= 4 is 17.5 Å². The highest BCUT2D eigenvalue weighted by molar-refractivity contribution is 6.31. The fourth-order valence-electron chi connectivity index (χ4n) is 1.92. The number of nitrogens with zero attached hydrogens (tertiary/aromatic N) is 1. The van der Waals surface area contributed by atoms with E-state index in [1.165, 1.54) is 0 Å². The van der Waals surface area contributed by atoms with E-state index in [9.17, 15) is 10.1 Å². The Labute approximate surface area is 122 Å². The maximum absolute atomic E-state index is 12.2. The first-order valence-electron chi connectivity index (χ1n) is 6.13. The summed E-state index contributed by atoms with van der Waals surface area (Å²) in [5.74, 6) is -0.314. The number of rotatable bonds is 3. The highest BCUT2D eigenvalue weighted by atomic mass is 35.5. The molecule has 0 fully saturated rings. The van der Waals surface area contributed by atoms with Crippen molar-refractivity contribution in [1.82, 2.24) is 5.32 Å². The molecule has 0 aliphatic heterocycles. The van der Waals surface area contributed by atoms with Gasteiger partial charge in [-0.05, 0) is 36.2 Å². The zero-order valence-electron chi connectivity index (χ0n) is 10.9. The summed E-state index contributed by atoms with van der Waals surface area (Å²) < 4.78 is 0. The number of aryl methyl sites for hydroxylation is 1. The Kier molecular flexibility index (Phi) is 4.39. The van der Waals surface area contributed by atoms with Crippen molar-refractivity contribution in [2.75, 3.05) is 0 Å². The standard InChI is InChI=1S/C16H13ClN2O/c1-11-7-13(9-14(17)8-11)16(20)19-15(10-18)12-5-3-2-4-6-12/h2-9,15H,1H3,(H,19,20). The number of carbonyl (C=O) groups excluding carboxylic acids is 1. The number of carbonyl (C=O) groups is 1. The molecule has 1 atom stereocenters. The van der Waals surface area contributed by atoms with Gasteiger partial charge in [0, 0.05) is 10.6 Å². The first kappa shape index (κ1) is 14.1. The van der Waals surface area contributed by atoms with E-state index in [2.05, 4.69) is 11.4 Å². The third-order valence-electron chi connectivity index (χ3n) is 2.84. The maximum atomic E-state index is 12.2. The molecule has 3 nitrogen and oxygen atoms in total. The molecule has 0 aromatic heterocycles. The summed E-state index contributed by atoms with van der Waals surface area (Å²) in [7, 11) is 0. The van der Waals surface area contributed by atoms with Crippen molar-refractivity contribution in [3.8, 4) is 6.07 Å². The van der Waals surface area contributed by atoms with Crippen molar-refractivity contribution in [3.05, 3.63) is 70.2 Å². The average Bonchev–Trinajstić information content (AvgIpc) is 2.44. The van der Waals surface area contributed by atoms with Crippen molar-refractivity contribution < 1.29 is 4.79 Å². The second kappa shape index (κ2) is 6.23. The van der Waals surface area contributed by atoms with Gasteiger partial charge in [-0.1, -0.05) is 41.9 Å². The second-order valence-electron chi connectivity index (χ2n) is 4.46. The third-order valence-corrected chi connectivity index (χ3v) is 3.06. The Bertz CT molecular complexity index is 642. The summed E-state index contributed by atoms with van der Waals surface area (Å²) >= 11 is 5.94. The molecule has 1 unspecified atom stereocenters. The lowest BCUT2D eigenvalue weighted by molar-refractivity contribution is 0.0945. The van der Waals surface area contributed by atoms with Gasteiger partial charge in [0.2, 0.25) is 0 Å². The zero-order valence-corrected chi connectivity index (χ0v) is 11.7. The molecule has 1 amide bonds. The van der Waals surface area contributed by atoms with E-state index in [0.717, 1.165) is 11.1 Å². The monoisotopic (exact) mass is 284 g/mol. The molecule has 0 saturated carbocycles. The van der Waals surface area contributed by atoms with Gasteiger partial charge < -0.3 is 5.32 Å². The molecule has 2 aromatic rings. The lowest BCUT2D eigenvalue weighted by Gasteiger charge is -2.12. The third kappa shape index (κ3) is 3.37. The minimum atomic E-state index is -0.678. The van der Waals surface area contributed by atoms with Crippen LogP contribution in [0.3, 0.4) is 0 Å². The molecule has 0 bridgehead atoms. The largest absolute Gasteiger partial charge is 0.332 e. The van der Waals surface area contributed by atoms with Crippen molar-refractivity contribution in [2.24, 2.45) is 0 Å². The van der Waals surface area contributed by atoms with Crippen molar-refractivity contribution in [1.29, 1.82) is 5.26 Å². The van der Waals surface area contributed by atoms with E-state index < -0.39 is 6.04 Å². The van der Waals surface area contributed by atoms with Gasteiger partial charge in [-0.2, -0.15) is 5.26 Å². The van der Waals surface area contributed by atoms with Gasteiger partial charge in [0.25, 0.3) is 5.91 Å². The maximum Gasteiger partial charge on any atom is 0.252 e. The molecule has 0 radical (unpaired) electrons. The first-order chi connectivity index (χ1) is 9.60. The molecule has 100 valence electrons. The van der Waals surface area contributed by atoms with Crippen LogP contribution >= 0.6 is 11.6 Å². The van der Waals surface area contributed by atoms with Gasteiger partial charge in [-0.3, -0.25) is 4.79 Å². The van der Waals surface area contributed by atoms with Crippen LogP contribution in [0, 0.1) is 18.3 Å². The molecule has 20 heavy (non-hydrogen) atoms. The summed E-state index contributed by atoms with van der Waals surface area (Å²) in [5, 5.41) is 12.4. The molecule has 0 aliphatic carbocycles. The number of amides is 1. The molecule has 2 aromatic carbocycles. The predicted molar refractivity (Wildman–Crippen MR) is 78.5 cm³/mol. The van der Waals surface area contributed by atoms with Crippen LogP contribution in [-0.4, -0.2) is 5.91 Å². The van der Waals surface area contributed by atoms with Crippen LogP contribution in [0.5, 0.6) is 0 Å². The molecule has 0 spiro atoms. The van der Waals surface area contributed by atoms with E-state index in [4.69, 9.17) is 11.6 Å². The number of nitriles is 1. The van der Waals surface area contributed by atoms with E-state index >= 15 is 0 Å². The predicted octanol–water partition coefficient (Wildman–Crippen LogP) is 3.64. The van der Waals surface area contributed by atoms with Crippen molar-refractivity contribution in [2.45, 2.75) is 13.0 Å². The van der Waals surface area contributed by atoms with Crippen LogP contribution in [-0.2, 0) is 0 Å². The van der Waals surface area contributed by atoms with Gasteiger partial charge in [0.05, 0.1) is 6.07 Å². The molecule has 0 aliphatic rings. The summed E-state index contributed by atoms with van der Waals surface area (Å²) in [6, 6.07) is 15.6. The molecular weight excluding hydrogens is 272 g/mol. The van der Waals surface area contributed by atoms with Gasteiger partial charge in [0.15, 0.2) is 0 Å². The van der Waals surface area contributed by atoms with Crippen LogP contribution in [0.2, 0.25) is 5.02 Å². The highest BCUT2D eigenvalue weighted by Gasteiger charge is 2.15. The Morgan fingerprint density at radius 3 is 2.55 bits per heavy atom. The Hall–Kier alpha value is -2.31. The SMILES string of the molecule is Cc1cc(Cl)cc(C(=O)NC(C#N)c2ccccc2)c1. The Balaban J connectivity index is 2.20. The second-order valence-corrected chi connectivity index (χ2v) is 4.90. The molecule has 2 rings (SSSR count). The zero-order chi connectivity index (χ0) is 14.5. The Morgan fingerprint density at radius 2 is 1.95 bits per heavy atom. The van der Waals surface area contributed by atoms with Crippen molar-refractivity contribution in [3.63, 3.8) is 0 Å². The normalized spacial score (nSPS) is 11.4. The minimum Gasteiger partial charge on any atom is -0.332 e. The molecule has 4 heteroatoms. The van der Waals surface area contributed by atoms with Gasteiger partial charge in [-0.15, -0.1) is 0 Å². The van der Waals surface area contributed by atoms with E-state index in [-0.39, 0.29) is 5.91 Å². The smallest absolute Gasteiger partial charge is 0.252 e. The van der Waals surface area contributed by atoms with Crippen LogP contribution in [0.1, 0.15) is 27.5 Å². The molecule has 0 saturated heterocycles. The van der Waals surface area contributed by atoms with Gasteiger partial charge in [0.1, 0.15) is 6.04 Å². The summed E-state index contributed by atoms with van der Waals surface area (Å²) in [4.78, 5) is 12.2. The van der Waals surface area contributed by atoms with E-state index in [1.807, 2.05) is 25.1 Å². The van der Waals surface area contributed by atoms with Crippen LogP contribution in [0.4, 0.5) is 0 Å². The van der Waals surface area contributed by atoms with E-state index in [1.54, 1.807) is 30.3 Å². The lowest BCUT2D eigenvalue weighted by atomic mass is 10.1. The number of hydrogen-bond acceptors (Lipinski definition) is 2. The summed E-state index contributed by atoms with van der Waals surface area (Å²) in [5.41, 5.74) is 2.10. The average molecular weight is 285 g/mol. The first-order valence-corrected chi connectivity index (χ1v) is 6.50. The van der Waals surface area contributed by atoms with Gasteiger partial charge in [-0.25, -0.2) is 0 Å². The fraction of sp³-hybridized carbons (Fsp3) is 0.125. The topological polar surface area (TPSA) is 52.9 Å². The quantitative estimate of drug-likeness (QED) is 0.935. The number of nitrogens with one attached hydrogen (secondary N) is 1. The summed E-state index contributed by atoms with van der Waals surface area (Å²) in [6.45, 7) is 1.86. The number of halogens is 1. The lowest BCUT2D eigenvalue weighted by Crippen LogP contribution is -2.27. The minimum absolute atomic E-state index is 0.314. The molecule has 0 heterocycles. The number of benzene rings is 2. The fourth-order valence-corrected chi connectivity index (χ4v) is 2.21. The molecular formula is C16H13ClN2O.